The highest BCUT2D eigenvalue weighted by Gasteiger charge is 2.33. The topological polar surface area (TPSA) is 82.5 Å². The van der Waals surface area contributed by atoms with Crippen molar-refractivity contribution >= 4 is 23.4 Å². The first kappa shape index (κ1) is 15.0. The minimum atomic E-state index is -0.930. The van der Waals surface area contributed by atoms with Crippen LogP contribution in [0.3, 0.4) is 0 Å². The molecular formula is C15H19N3O3. The fourth-order valence-electron chi connectivity index (χ4n) is 2.34. The highest BCUT2D eigenvalue weighted by atomic mass is 16.4. The molecule has 6 heteroatoms. The molecule has 0 fully saturated rings. The van der Waals surface area contributed by atoms with Crippen molar-refractivity contribution in [3.8, 4) is 0 Å². The number of anilines is 2. The fraction of sp³-hybridized carbons (Fsp3) is 0.400. The first-order valence-electron chi connectivity index (χ1n) is 6.81. The largest absolute Gasteiger partial charge is 0.481 e. The second kappa shape index (κ2) is 6.39. The first-order valence-corrected chi connectivity index (χ1v) is 6.81. The molecule has 2 rings (SSSR count). The number of hydrogen-bond donors (Lipinski definition) is 2. The average molecular weight is 289 g/mol. The molecule has 1 amide bonds. The lowest BCUT2D eigenvalue weighted by Crippen LogP contribution is -2.34. The van der Waals surface area contributed by atoms with E-state index in [-0.39, 0.29) is 5.91 Å². The van der Waals surface area contributed by atoms with E-state index in [1.165, 1.54) is 0 Å². The molecule has 21 heavy (non-hydrogen) atoms. The molecule has 0 aliphatic heterocycles. The first-order chi connectivity index (χ1) is 9.99. The zero-order chi connectivity index (χ0) is 15.4. The Morgan fingerprint density at radius 3 is 2.43 bits per heavy atom. The van der Waals surface area contributed by atoms with E-state index in [1.54, 1.807) is 18.3 Å². The summed E-state index contributed by atoms with van der Waals surface area (Å²) in [5, 5.41) is 11.9. The molecule has 1 aliphatic rings. The number of hydrogen-bond acceptors (Lipinski definition) is 4. The number of aromatic nitrogens is 1. The predicted octanol–water partition coefficient (Wildman–Crippen LogP) is 1.75. The molecule has 1 heterocycles. The van der Waals surface area contributed by atoms with Crippen molar-refractivity contribution in [2.45, 2.75) is 12.8 Å². The van der Waals surface area contributed by atoms with Crippen molar-refractivity contribution in [1.82, 2.24) is 4.98 Å². The summed E-state index contributed by atoms with van der Waals surface area (Å²) in [5.41, 5.74) is 0.573. The summed E-state index contributed by atoms with van der Waals surface area (Å²) in [5.74, 6) is -1.62. The van der Waals surface area contributed by atoms with Crippen LogP contribution in [0, 0.1) is 11.8 Å². The van der Waals surface area contributed by atoms with Crippen molar-refractivity contribution in [3.05, 3.63) is 30.5 Å². The van der Waals surface area contributed by atoms with Crippen LogP contribution in [0.25, 0.3) is 0 Å². The zero-order valence-electron chi connectivity index (χ0n) is 12.1. The van der Waals surface area contributed by atoms with Gasteiger partial charge in [0.2, 0.25) is 5.91 Å². The van der Waals surface area contributed by atoms with Gasteiger partial charge in [0.15, 0.2) is 0 Å². The average Bonchev–Trinajstić information content (AvgIpc) is 2.47. The lowest BCUT2D eigenvalue weighted by molar-refractivity contribution is -0.146. The van der Waals surface area contributed by atoms with Gasteiger partial charge in [-0.1, -0.05) is 12.2 Å². The van der Waals surface area contributed by atoms with Crippen LogP contribution in [0.4, 0.5) is 11.5 Å². The van der Waals surface area contributed by atoms with Crippen LogP contribution in [-0.4, -0.2) is 36.1 Å². The maximum absolute atomic E-state index is 12.3. The Labute approximate surface area is 123 Å². The van der Waals surface area contributed by atoms with Gasteiger partial charge in [0.05, 0.1) is 23.7 Å². The number of nitrogens with zero attached hydrogens (tertiary/aromatic N) is 2. The molecule has 2 atom stereocenters. The van der Waals surface area contributed by atoms with Crippen LogP contribution in [0.15, 0.2) is 30.5 Å². The molecule has 0 bridgehead atoms. The van der Waals surface area contributed by atoms with E-state index in [9.17, 15) is 14.7 Å². The molecule has 2 N–H and O–H groups in total. The number of allylic oxidation sites excluding steroid dienone is 2. The van der Waals surface area contributed by atoms with Crippen LogP contribution >= 0.6 is 0 Å². The van der Waals surface area contributed by atoms with Gasteiger partial charge in [0.1, 0.15) is 5.82 Å². The fourth-order valence-corrected chi connectivity index (χ4v) is 2.34. The van der Waals surface area contributed by atoms with Crippen molar-refractivity contribution in [1.29, 1.82) is 0 Å². The highest BCUT2D eigenvalue weighted by Crippen LogP contribution is 2.27. The van der Waals surface area contributed by atoms with Gasteiger partial charge in [0, 0.05) is 14.1 Å². The van der Waals surface area contributed by atoms with Crippen LogP contribution in [0.1, 0.15) is 12.8 Å². The molecule has 6 nitrogen and oxygen atoms in total. The molecule has 0 saturated heterocycles. The minimum absolute atomic E-state index is 0.272. The smallest absolute Gasteiger partial charge is 0.307 e. The second-order valence-corrected chi connectivity index (χ2v) is 5.28. The zero-order valence-corrected chi connectivity index (χ0v) is 12.1. The van der Waals surface area contributed by atoms with Crippen molar-refractivity contribution in [2.75, 3.05) is 24.3 Å². The minimum Gasteiger partial charge on any atom is -0.481 e. The summed E-state index contributed by atoms with van der Waals surface area (Å²) in [7, 11) is 3.76. The Morgan fingerprint density at radius 1 is 1.24 bits per heavy atom. The third kappa shape index (κ3) is 3.59. The Kier molecular flexibility index (Phi) is 4.57. The van der Waals surface area contributed by atoms with Gasteiger partial charge in [0.25, 0.3) is 0 Å². The van der Waals surface area contributed by atoms with Gasteiger partial charge in [-0.05, 0) is 25.0 Å². The normalized spacial score (nSPS) is 20.9. The van der Waals surface area contributed by atoms with Gasteiger partial charge in [-0.2, -0.15) is 0 Å². The summed E-state index contributed by atoms with van der Waals surface area (Å²) in [6.45, 7) is 0. The van der Waals surface area contributed by atoms with E-state index in [1.807, 2.05) is 31.1 Å². The SMILES string of the molecule is CN(C)c1ccc(NC(=O)C2CC=CCC2C(=O)O)cn1. The monoisotopic (exact) mass is 289 g/mol. The quantitative estimate of drug-likeness (QED) is 0.825. The third-order valence-electron chi connectivity index (χ3n) is 3.56. The van der Waals surface area contributed by atoms with E-state index in [0.29, 0.717) is 18.5 Å². The number of carbonyl (C=O) groups excluding carboxylic acids is 1. The molecule has 0 saturated carbocycles. The number of aliphatic carboxylic acids is 1. The molecule has 0 radical (unpaired) electrons. The van der Waals surface area contributed by atoms with Crippen LogP contribution < -0.4 is 10.2 Å². The Hall–Kier alpha value is -2.37. The van der Waals surface area contributed by atoms with E-state index in [2.05, 4.69) is 10.3 Å². The van der Waals surface area contributed by atoms with Crippen molar-refractivity contribution in [2.24, 2.45) is 11.8 Å². The van der Waals surface area contributed by atoms with E-state index in [0.717, 1.165) is 5.82 Å². The van der Waals surface area contributed by atoms with E-state index in [4.69, 9.17) is 0 Å². The van der Waals surface area contributed by atoms with Crippen molar-refractivity contribution in [3.63, 3.8) is 0 Å². The highest BCUT2D eigenvalue weighted by molar-refractivity contribution is 5.95. The van der Waals surface area contributed by atoms with Gasteiger partial charge in [-0.3, -0.25) is 9.59 Å². The maximum atomic E-state index is 12.3. The second-order valence-electron chi connectivity index (χ2n) is 5.28. The summed E-state index contributed by atoms with van der Waals surface area (Å²) in [6.07, 6.45) is 6.09. The van der Waals surface area contributed by atoms with Gasteiger partial charge >= 0.3 is 5.97 Å². The number of amides is 1. The van der Waals surface area contributed by atoms with Gasteiger partial charge in [-0.15, -0.1) is 0 Å². The van der Waals surface area contributed by atoms with E-state index >= 15 is 0 Å². The Balaban J connectivity index is 2.06. The molecule has 1 aliphatic carbocycles. The molecule has 0 aromatic carbocycles. The lowest BCUT2D eigenvalue weighted by atomic mass is 9.82. The van der Waals surface area contributed by atoms with Crippen molar-refractivity contribution < 1.29 is 14.7 Å². The molecule has 0 spiro atoms. The summed E-state index contributed by atoms with van der Waals surface area (Å²) in [6, 6.07) is 3.56. The number of carboxylic acid groups (broad SMARTS) is 1. The van der Waals surface area contributed by atoms with E-state index < -0.39 is 17.8 Å². The number of nitrogens with one attached hydrogen (secondary N) is 1. The van der Waals surface area contributed by atoms with Crippen LogP contribution in [-0.2, 0) is 9.59 Å². The molecule has 2 unspecified atom stereocenters. The third-order valence-corrected chi connectivity index (χ3v) is 3.56. The Bertz CT molecular complexity index is 552. The van der Waals surface area contributed by atoms with Gasteiger partial charge in [-0.25, -0.2) is 4.98 Å². The molecule has 1 aromatic rings. The maximum Gasteiger partial charge on any atom is 0.307 e. The lowest BCUT2D eigenvalue weighted by Gasteiger charge is -2.24. The predicted molar refractivity (Wildman–Crippen MR) is 80.2 cm³/mol. The van der Waals surface area contributed by atoms with Crippen LogP contribution in [0.5, 0.6) is 0 Å². The van der Waals surface area contributed by atoms with Gasteiger partial charge < -0.3 is 15.3 Å². The number of pyridine rings is 1. The Morgan fingerprint density at radius 2 is 1.90 bits per heavy atom. The molecular weight excluding hydrogens is 270 g/mol. The number of carbonyl (C=O) groups is 2. The molecule has 112 valence electrons. The summed E-state index contributed by atoms with van der Waals surface area (Å²) in [4.78, 5) is 29.5. The molecule has 1 aromatic heterocycles. The standard InChI is InChI=1S/C15H19N3O3/c1-18(2)13-8-7-10(9-16-13)17-14(19)11-5-3-4-6-12(11)15(20)21/h3-4,7-9,11-12H,5-6H2,1-2H3,(H,17,19)(H,20,21). The van der Waals surface area contributed by atoms with Crippen LogP contribution in [0.2, 0.25) is 0 Å². The summed E-state index contributed by atoms with van der Waals surface area (Å²) >= 11 is 0. The summed E-state index contributed by atoms with van der Waals surface area (Å²) < 4.78 is 0. The number of carboxylic acids is 1. The number of rotatable bonds is 4.